The number of carbonyl (C=O) groups excluding carboxylic acids is 2. The maximum Gasteiger partial charge on any atom is 0.416 e. The number of hydrogen-bond acceptors (Lipinski definition) is 6. The van der Waals surface area contributed by atoms with Crippen molar-refractivity contribution in [1.82, 2.24) is 4.90 Å². The Bertz CT molecular complexity index is 1120. The Morgan fingerprint density at radius 3 is 2.42 bits per heavy atom. The molecule has 2 aromatic carbocycles. The highest BCUT2D eigenvalue weighted by molar-refractivity contribution is 9.10. The van der Waals surface area contributed by atoms with Crippen LogP contribution in [0.4, 0.5) is 23.7 Å². The van der Waals surface area contributed by atoms with E-state index in [1.54, 1.807) is 13.0 Å². The number of thioether (sulfide) groups is 1. The van der Waals surface area contributed by atoms with Gasteiger partial charge in [-0.15, -0.1) is 0 Å². The number of nitrogens with zero attached hydrogens (tertiary/aromatic N) is 2. The molecule has 0 atom stereocenters. The number of rotatable bonds is 5. The number of imide groups is 1. The van der Waals surface area contributed by atoms with Crippen molar-refractivity contribution in [3.8, 4) is 11.5 Å². The molecule has 162 valence electrons. The molecular formula is C19H12BrF3N2O5S. The van der Waals surface area contributed by atoms with Crippen molar-refractivity contribution in [3.05, 3.63) is 67.0 Å². The van der Waals surface area contributed by atoms with E-state index in [1.807, 2.05) is 0 Å². The Morgan fingerprint density at radius 1 is 1.19 bits per heavy atom. The molecule has 2 aromatic rings. The Balaban J connectivity index is 1.88. The van der Waals surface area contributed by atoms with Gasteiger partial charge in [0.15, 0.2) is 0 Å². The Morgan fingerprint density at radius 2 is 1.87 bits per heavy atom. The highest BCUT2D eigenvalue weighted by Crippen LogP contribution is 2.40. The van der Waals surface area contributed by atoms with Crippen LogP contribution in [0.1, 0.15) is 18.1 Å². The lowest BCUT2D eigenvalue weighted by Crippen LogP contribution is -2.27. The van der Waals surface area contributed by atoms with Crippen LogP contribution in [-0.2, 0) is 11.0 Å². The van der Waals surface area contributed by atoms with E-state index in [2.05, 4.69) is 15.9 Å². The summed E-state index contributed by atoms with van der Waals surface area (Å²) >= 11 is 4.05. The van der Waals surface area contributed by atoms with E-state index < -0.39 is 28.3 Å². The van der Waals surface area contributed by atoms with Crippen LogP contribution in [0.3, 0.4) is 0 Å². The molecule has 3 rings (SSSR count). The Hall–Kier alpha value is -2.86. The minimum atomic E-state index is -4.73. The second kappa shape index (κ2) is 8.71. The lowest BCUT2D eigenvalue weighted by atomic mass is 10.1. The van der Waals surface area contributed by atoms with Gasteiger partial charge in [0.1, 0.15) is 5.75 Å². The summed E-state index contributed by atoms with van der Waals surface area (Å²) < 4.78 is 44.3. The van der Waals surface area contributed by atoms with Gasteiger partial charge in [-0.05, 0) is 70.5 Å². The summed E-state index contributed by atoms with van der Waals surface area (Å²) in [5.74, 6) is -0.661. The average molecular weight is 517 g/mol. The van der Waals surface area contributed by atoms with Crippen LogP contribution >= 0.6 is 27.7 Å². The van der Waals surface area contributed by atoms with Crippen LogP contribution in [-0.4, -0.2) is 27.5 Å². The van der Waals surface area contributed by atoms with Crippen molar-refractivity contribution in [3.63, 3.8) is 0 Å². The summed E-state index contributed by atoms with van der Waals surface area (Å²) in [4.78, 5) is 35.6. The van der Waals surface area contributed by atoms with Crippen LogP contribution in [0.25, 0.3) is 6.08 Å². The number of halogens is 4. The molecule has 31 heavy (non-hydrogen) atoms. The number of ether oxygens (including phenoxy) is 1. The Kier molecular flexibility index (Phi) is 6.41. The lowest BCUT2D eigenvalue weighted by molar-refractivity contribution is -0.385. The molecule has 2 amide bonds. The summed E-state index contributed by atoms with van der Waals surface area (Å²) in [6.45, 7) is 1.94. The monoisotopic (exact) mass is 516 g/mol. The summed E-state index contributed by atoms with van der Waals surface area (Å²) in [5, 5.41) is 10.8. The minimum Gasteiger partial charge on any atom is -0.449 e. The number of nitro groups is 1. The average Bonchev–Trinajstić information content (AvgIpc) is 2.95. The summed E-state index contributed by atoms with van der Waals surface area (Å²) in [6, 6.07) is 6.49. The molecule has 1 heterocycles. The van der Waals surface area contributed by atoms with Gasteiger partial charge >= 0.3 is 11.9 Å². The molecule has 0 radical (unpaired) electrons. The number of likely N-dealkylation sites (N-methyl/N-ethyl adjacent to an activating group) is 1. The Labute approximate surface area is 186 Å². The number of hydrogen-bond donors (Lipinski definition) is 0. The maximum absolute atomic E-state index is 12.8. The smallest absolute Gasteiger partial charge is 0.416 e. The van der Waals surface area contributed by atoms with Gasteiger partial charge in [-0.25, -0.2) is 0 Å². The van der Waals surface area contributed by atoms with Gasteiger partial charge in [0.25, 0.3) is 11.1 Å². The second-order valence-electron chi connectivity index (χ2n) is 6.16. The number of carbonyl (C=O) groups is 2. The third kappa shape index (κ3) is 4.90. The van der Waals surface area contributed by atoms with Gasteiger partial charge < -0.3 is 4.74 Å². The van der Waals surface area contributed by atoms with Gasteiger partial charge in [-0.3, -0.25) is 24.6 Å². The first kappa shape index (κ1) is 22.8. The molecule has 0 N–H and O–H groups in total. The summed E-state index contributed by atoms with van der Waals surface area (Å²) in [7, 11) is 0. The van der Waals surface area contributed by atoms with E-state index in [0.717, 1.165) is 22.7 Å². The second-order valence-corrected chi connectivity index (χ2v) is 8.00. The summed E-state index contributed by atoms with van der Waals surface area (Å²) in [5.41, 5.74) is -1.45. The molecule has 1 fully saturated rings. The van der Waals surface area contributed by atoms with Gasteiger partial charge in [0, 0.05) is 12.6 Å². The third-order valence-corrected chi connectivity index (χ3v) is 5.67. The molecular weight excluding hydrogens is 505 g/mol. The molecule has 0 aromatic heterocycles. The van der Waals surface area contributed by atoms with E-state index in [1.165, 1.54) is 18.2 Å². The SMILES string of the molecule is CCN1C(=O)S/C(=C/c2ccc(Oc3ccc(C(F)(F)F)cc3[N+](=O)[O-])c(Br)c2)C1=O. The molecule has 0 spiro atoms. The first-order valence-electron chi connectivity index (χ1n) is 8.59. The molecule has 1 saturated heterocycles. The fourth-order valence-electron chi connectivity index (χ4n) is 2.65. The van der Waals surface area contributed by atoms with Crippen molar-refractivity contribution in [1.29, 1.82) is 0 Å². The van der Waals surface area contributed by atoms with Gasteiger partial charge in [-0.1, -0.05) is 6.07 Å². The molecule has 7 nitrogen and oxygen atoms in total. The van der Waals surface area contributed by atoms with E-state index in [0.29, 0.717) is 22.2 Å². The van der Waals surface area contributed by atoms with Crippen LogP contribution in [0, 0.1) is 10.1 Å². The van der Waals surface area contributed by atoms with E-state index in [-0.39, 0.29) is 28.2 Å². The van der Waals surface area contributed by atoms with Crippen molar-refractivity contribution in [2.45, 2.75) is 13.1 Å². The maximum atomic E-state index is 12.8. The fraction of sp³-hybridized carbons (Fsp3) is 0.158. The molecule has 0 unspecified atom stereocenters. The number of benzene rings is 2. The van der Waals surface area contributed by atoms with Crippen LogP contribution in [0.5, 0.6) is 11.5 Å². The lowest BCUT2D eigenvalue weighted by Gasteiger charge is -2.11. The van der Waals surface area contributed by atoms with Gasteiger partial charge in [0.2, 0.25) is 5.75 Å². The number of alkyl halides is 3. The largest absolute Gasteiger partial charge is 0.449 e. The van der Waals surface area contributed by atoms with Gasteiger partial charge in [0.05, 0.1) is 19.9 Å². The molecule has 1 aliphatic heterocycles. The zero-order chi connectivity index (χ0) is 22.9. The topological polar surface area (TPSA) is 89.8 Å². The molecule has 0 bridgehead atoms. The fourth-order valence-corrected chi connectivity index (χ4v) is 4.04. The zero-order valence-electron chi connectivity index (χ0n) is 15.6. The molecule has 0 aliphatic carbocycles. The van der Waals surface area contributed by atoms with Crippen molar-refractivity contribution < 1.29 is 32.4 Å². The third-order valence-electron chi connectivity index (χ3n) is 4.15. The van der Waals surface area contributed by atoms with Gasteiger partial charge in [-0.2, -0.15) is 13.2 Å². The quantitative estimate of drug-likeness (QED) is 0.266. The highest BCUT2D eigenvalue weighted by atomic mass is 79.9. The number of nitro benzene ring substituents is 1. The van der Waals surface area contributed by atoms with Crippen molar-refractivity contribution >= 4 is 50.6 Å². The standard InChI is InChI=1S/C19H12BrF3N2O5S/c1-2-24-17(26)16(31-18(24)27)8-10-3-5-14(12(20)7-10)30-15-6-4-11(19(21,22)23)9-13(15)25(28)29/h3-9H,2H2,1H3/b16-8+. The van der Waals surface area contributed by atoms with Crippen LogP contribution in [0.2, 0.25) is 0 Å². The molecule has 0 saturated carbocycles. The zero-order valence-corrected chi connectivity index (χ0v) is 18.0. The predicted octanol–water partition coefficient (Wildman–Crippen LogP) is 6.22. The first-order chi connectivity index (χ1) is 14.5. The van der Waals surface area contributed by atoms with Crippen LogP contribution < -0.4 is 4.74 Å². The molecule has 1 aliphatic rings. The number of amides is 2. The minimum absolute atomic E-state index is 0.113. The predicted molar refractivity (Wildman–Crippen MR) is 111 cm³/mol. The van der Waals surface area contributed by atoms with E-state index >= 15 is 0 Å². The van der Waals surface area contributed by atoms with E-state index in [9.17, 15) is 32.9 Å². The van der Waals surface area contributed by atoms with Crippen LogP contribution in [0.15, 0.2) is 45.8 Å². The van der Waals surface area contributed by atoms with E-state index in [4.69, 9.17) is 4.74 Å². The van der Waals surface area contributed by atoms with Crippen molar-refractivity contribution in [2.24, 2.45) is 0 Å². The first-order valence-corrected chi connectivity index (χ1v) is 10.2. The highest BCUT2D eigenvalue weighted by Gasteiger charge is 2.34. The normalized spacial score (nSPS) is 15.6. The van der Waals surface area contributed by atoms with Crippen molar-refractivity contribution in [2.75, 3.05) is 6.54 Å². The summed E-state index contributed by atoms with van der Waals surface area (Å²) in [6.07, 6.45) is -3.22. The molecule has 12 heteroatoms.